The van der Waals surface area contributed by atoms with E-state index in [2.05, 4.69) is 0 Å². The molecule has 4 fully saturated rings. The molecule has 42 heavy (non-hydrogen) atoms. The molecule has 15 atom stereocenters. The summed E-state index contributed by atoms with van der Waals surface area (Å²) in [4.78, 5) is 0. The van der Waals surface area contributed by atoms with Gasteiger partial charge in [-0.25, -0.2) is 0 Å². The van der Waals surface area contributed by atoms with Crippen molar-refractivity contribution in [2.24, 2.45) is 17.8 Å². The van der Waals surface area contributed by atoms with E-state index in [1.165, 1.54) is 0 Å². The van der Waals surface area contributed by atoms with Crippen molar-refractivity contribution < 1.29 is 64.9 Å². The van der Waals surface area contributed by atoms with Gasteiger partial charge in [-0.05, 0) is 38.5 Å². The molecule has 13 heteroatoms. The second-order valence-electron chi connectivity index (χ2n) is 12.8. The fourth-order valence-electron chi connectivity index (χ4n) is 6.87. The van der Waals surface area contributed by atoms with E-state index in [0.717, 1.165) is 0 Å². The van der Waals surface area contributed by atoms with Crippen LogP contribution in [-0.2, 0) is 18.9 Å². The van der Waals surface area contributed by atoms with Gasteiger partial charge < -0.3 is 64.9 Å². The molecule has 4 aliphatic heterocycles. The third kappa shape index (κ3) is 8.59. The van der Waals surface area contributed by atoms with Gasteiger partial charge in [-0.2, -0.15) is 0 Å². The van der Waals surface area contributed by atoms with Gasteiger partial charge in [0.25, 0.3) is 0 Å². The fraction of sp³-hybridized carbons (Fsp3) is 1.00. The van der Waals surface area contributed by atoms with Crippen LogP contribution >= 0.6 is 0 Å². The largest absolute Gasteiger partial charge is 0.390 e. The van der Waals surface area contributed by atoms with Crippen molar-refractivity contribution in [1.82, 2.24) is 0 Å². The van der Waals surface area contributed by atoms with E-state index < -0.39 is 73.2 Å². The number of ether oxygens (including phenoxy) is 4. The first-order chi connectivity index (χ1) is 20.1. The van der Waals surface area contributed by atoms with Crippen LogP contribution in [-0.4, -0.2) is 152 Å². The molecule has 4 rings (SSSR count). The van der Waals surface area contributed by atoms with Crippen LogP contribution in [0.3, 0.4) is 0 Å². The second-order valence-corrected chi connectivity index (χ2v) is 12.8. The molecule has 4 heterocycles. The van der Waals surface area contributed by atoms with Crippen LogP contribution in [0.15, 0.2) is 0 Å². The minimum atomic E-state index is -1.25. The van der Waals surface area contributed by atoms with Crippen molar-refractivity contribution in [3.8, 4) is 0 Å². The maximum atomic E-state index is 10.7. The summed E-state index contributed by atoms with van der Waals surface area (Å²) < 4.78 is 22.5. The van der Waals surface area contributed by atoms with Gasteiger partial charge in [-0.15, -0.1) is 0 Å². The van der Waals surface area contributed by atoms with E-state index in [4.69, 9.17) is 18.9 Å². The van der Waals surface area contributed by atoms with Crippen LogP contribution in [0, 0.1) is 17.8 Å². The Kier molecular flexibility index (Phi) is 13.2. The first-order valence-electron chi connectivity index (χ1n) is 15.6. The SMILES string of the molecule is OC1COC[C@@H](CCC[C@@H]2OC[C@@H](CCC[C@@H]3OC[C@@H](CCC[C@@H]4OC[C@@H](O)[C@@H](O)C4O)[C@@H](O)C3O)[C@@H](O)C2O)[C@H]1O. The summed E-state index contributed by atoms with van der Waals surface area (Å²) in [6.07, 6.45) is -5.92. The normalized spacial score (nSPS) is 46.9. The molecule has 0 saturated carbocycles. The highest BCUT2D eigenvalue weighted by Gasteiger charge is 2.41. The maximum absolute atomic E-state index is 10.7. The van der Waals surface area contributed by atoms with Gasteiger partial charge >= 0.3 is 0 Å². The lowest BCUT2D eigenvalue weighted by atomic mass is 9.84. The van der Waals surface area contributed by atoms with Crippen LogP contribution in [0.2, 0.25) is 0 Å². The molecule has 0 amide bonds. The molecule has 0 aromatic carbocycles. The van der Waals surface area contributed by atoms with Crippen LogP contribution in [0.25, 0.3) is 0 Å². The van der Waals surface area contributed by atoms with E-state index in [0.29, 0.717) is 71.0 Å². The number of hydrogen-bond donors (Lipinski definition) is 9. The van der Waals surface area contributed by atoms with E-state index in [9.17, 15) is 46.0 Å². The molecule has 4 unspecified atom stereocenters. The monoisotopic (exact) mass is 608 g/mol. The zero-order valence-corrected chi connectivity index (χ0v) is 24.2. The highest BCUT2D eigenvalue weighted by Crippen LogP contribution is 2.32. The lowest BCUT2D eigenvalue weighted by Crippen LogP contribution is -2.53. The number of aliphatic hydroxyl groups is 9. The zero-order valence-electron chi connectivity index (χ0n) is 24.2. The minimum absolute atomic E-state index is 0.0449. The molecular weight excluding hydrogens is 556 g/mol. The van der Waals surface area contributed by atoms with Crippen LogP contribution in [0.5, 0.6) is 0 Å². The summed E-state index contributed by atoms with van der Waals surface area (Å²) in [6.45, 7) is 1.04. The molecule has 13 nitrogen and oxygen atoms in total. The summed E-state index contributed by atoms with van der Waals surface area (Å²) in [5.74, 6) is -0.725. The van der Waals surface area contributed by atoms with Gasteiger partial charge in [0.15, 0.2) is 0 Å². The molecule has 0 aromatic heterocycles. The van der Waals surface area contributed by atoms with Crippen molar-refractivity contribution >= 4 is 0 Å². The van der Waals surface area contributed by atoms with Gasteiger partial charge in [0.2, 0.25) is 0 Å². The fourth-order valence-corrected chi connectivity index (χ4v) is 6.87. The third-order valence-corrected chi connectivity index (χ3v) is 9.77. The number of rotatable bonds is 12. The summed E-state index contributed by atoms with van der Waals surface area (Å²) in [5, 5.41) is 92.1. The number of hydrogen-bond acceptors (Lipinski definition) is 13. The smallest absolute Gasteiger partial charge is 0.111 e. The Morgan fingerprint density at radius 3 is 1.21 bits per heavy atom. The Hall–Kier alpha value is -0.520. The lowest BCUT2D eigenvalue weighted by Gasteiger charge is -2.40. The van der Waals surface area contributed by atoms with E-state index in [1.807, 2.05) is 0 Å². The molecule has 4 aliphatic rings. The first kappa shape index (κ1) is 34.4. The van der Waals surface area contributed by atoms with Crippen molar-refractivity contribution in [2.75, 3.05) is 33.0 Å². The minimum Gasteiger partial charge on any atom is -0.390 e. The predicted molar refractivity (Wildman–Crippen MR) is 146 cm³/mol. The van der Waals surface area contributed by atoms with Crippen molar-refractivity contribution in [3.63, 3.8) is 0 Å². The topological polar surface area (TPSA) is 219 Å². The maximum Gasteiger partial charge on any atom is 0.111 e. The Morgan fingerprint density at radius 1 is 0.357 bits per heavy atom. The van der Waals surface area contributed by atoms with Gasteiger partial charge in [0.1, 0.15) is 36.6 Å². The molecule has 0 bridgehead atoms. The highest BCUT2D eigenvalue weighted by molar-refractivity contribution is 4.91. The standard InChI is InChI=1S/C29H52O13/c30-18-13-39-10-15(23(18)32)4-1-7-20-27(36)24(33)16(11-40-20)5-2-8-21-28(37)25(34)17(12-41-21)6-3-9-22-29(38)26(35)19(31)14-42-22/h15-38H,1-14H2/t15-,16-,17-,18?,19-,20+,21+,22+,23-,24-,25-,26-,27?,28?,29?/m1/s1. The Balaban J connectivity index is 1.11. The van der Waals surface area contributed by atoms with Crippen molar-refractivity contribution in [3.05, 3.63) is 0 Å². The Labute approximate surface area is 247 Å². The summed E-state index contributed by atoms with van der Waals surface area (Å²) >= 11 is 0. The van der Waals surface area contributed by atoms with Crippen molar-refractivity contribution in [2.45, 2.75) is 131 Å². The lowest BCUT2D eigenvalue weighted by molar-refractivity contribution is -0.190. The van der Waals surface area contributed by atoms with E-state index in [1.54, 1.807) is 0 Å². The molecule has 0 aromatic rings. The second kappa shape index (κ2) is 16.2. The van der Waals surface area contributed by atoms with E-state index in [-0.39, 0.29) is 37.6 Å². The van der Waals surface area contributed by atoms with Crippen LogP contribution < -0.4 is 0 Å². The molecule has 0 spiro atoms. The molecule has 9 N–H and O–H groups in total. The van der Waals surface area contributed by atoms with Crippen molar-refractivity contribution in [1.29, 1.82) is 0 Å². The Morgan fingerprint density at radius 2 is 0.738 bits per heavy atom. The van der Waals surface area contributed by atoms with Crippen LogP contribution in [0.4, 0.5) is 0 Å². The van der Waals surface area contributed by atoms with Gasteiger partial charge in [-0.3, -0.25) is 0 Å². The highest BCUT2D eigenvalue weighted by atomic mass is 16.5. The average molecular weight is 609 g/mol. The molecule has 0 radical (unpaired) electrons. The summed E-state index contributed by atoms with van der Waals surface area (Å²) in [5.41, 5.74) is 0. The van der Waals surface area contributed by atoms with E-state index >= 15 is 0 Å². The summed E-state index contributed by atoms with van der Waals surface area (Å²) in [6, 6.07) is 0. The molecule has 0 aliphatic carbocycles. The van der Waals surface area contributed by atoms with Crippen LogP contribution in [0.1, 0.15) is 57.8 Å². The Bertz CT molecular complexity index is 791. The molecule has 246 valence electrons. The quantitative estimate of drug-likeness (QED) is 0.115. The number of aliphatic hydroxyl groups excluding tert-OH is 9. The average Bonchev–Trinajstić information content (AvgIpc) is 2.97. The molecule has 4 saturated heterocycles. The summed E-state index contributed by atoms with van der Waals surface area (Å²) in [7, 11) is 0. The molecular formula is C29H52O13. The van der Waals surface area contributed by atoms with Gasteiger partial charge in [0, 0.05) is 17.8 Å². The van der Waals surface area contributed by atoms with Gasteiger partial charge in [0.05, 0.1) is 69.7 Å². The predicted octanol–water partition coefficient (Wildman–Crippen LogP) is -2.18. The zero-order chi connectivity index (χ0) is 30.4. The first-order valence-corrected chi connectivity index (χ1v) is 15.6. The third-order valence-electron chi connectivity index (χ3n) is 9.77. The van der Waals surface area contributed by atoms with Gasteiger partial charge in [-0.1, -0.05) is 19.3 Å².